The topological polar surface area (TPSA) is 179 Å². The molecule has 1 aliphatic rings. The number of benzene rings is 5. The standard InChI is InChI=1S/C45H39NO13/c1-53-43(51)34(27-29-17-7-2-8-18-29)46-45(52)59-44-38(58-42(50)33-25-15-6-16-26-33)37(57-41(49)32-23-13-5-14-24-32)36(56-40(48)31-21-11-4-12-22-31)35(55-44)28-54-39(47)30-19-9-3-10-20-30/h2-26,34-38,44H,27-28H2,1H3,(H,46,52)/t34-,35+,36+,37-,38+,44-/m0/s1. The number of nitrogens with one attached hydrogen (secondary N) is 1. The molecule has 1 aliphatic heterocycles. The Morgan fingerprint density at radius 1 is 0.525 bits per heavy atom. The van der Waals surface area contributed by atoms with E-state index in [0.29, 0.717) is 5.56 Å². The molecule has 1 fully saturated rings. The molecule has 6 atom stereocenters. The molecule has 1 saturated heterocycles. The minimum absolute atomic E-state index is 0.00739. The molecule has 0 spiro atoms. The van der Waals surface area contributed by atoms with Crippen LogP contribution in [0.3, 0.4) is 0 Å². The summed E-state index contributed by atoms with van der Waals surface area (Å²) >= 11 is 0. The van der Waals surface area contributed by atoms with E-state index in [0.717, 1.165) is 7.11 Å². The molecule has 1 amide bonds. The smallest absolute Gasteiger partial charge is 0.410 e. The zero-order valence-corrected chi connectivity index (χ0v) is 31.6. The lowest BCUT2D eigenvalue weighted by molar-refractivity contribution is -0.282. The van der Waals surface area contributed by atoms with Crippen molar-refractivity contribution < 1.29 is 61.9 Å². The summed E-state index contributed by atoms with van der Waals surface area (Å²) in [4.78, 5) is 81.1. The predicted octanol–water partition coefficient (Wildman–Crippen LogP) is 5.76. The highest BCUT2D eigenvalue weighted by Crippen LogP contribution is 2.32. The average Bonchev–Trinajstić information content (AvgIpc) is 3.28. The van der Waals surface area contributed by atoms with Gasteiger partial charge >= 0.3 is 35.9 Å². The van der Waals surface area contributed by atoms with Crippen molar-refractivity contribution in [2.45, 2.75) is 43.2 Å². The van der Waals surface area contributed by atoms with Crippen LogP contribution in [0.25, 0.3) is 0 Å². The van der Waals surface area contributed by atoms with Gasteiger partial charge < -0.3 is 38.5 Å². The molecule has 0 radical (unpaired) electrons. The van der Waals surface area contributed by atoms with Gasteiger partial charge in [-0.05, 0) is 54.1 Å². The highest BCUT2D eigenvalue weighted by Gasteiger charge is 2.55. The number of carbonyl (C=O) groups excluding carboxylic acids is 6. The number of hydrogen-bond acceptors (Lipinski definition) is 13. The van der Waals surface area contributed by atoms with Crippen molar-refractivity contribution in [3.05, 3.63) is 179 Å². The van der Waals surface area contributed by atoms with Crippen LogP contribution in [0.15, 0.2) is 152 Å². The van der Waals surface area contributed by atoms with Crippen LogP contribution in [0.4, 0.5) is 4.79 Å². The van der Waals surface area contributed by atoms with Crippen molar-refractivity contribution in [2.24, 2.45) is 0 Å². The number of carbonyl (C=O) groups is 6. The molecule has 302 valence electrons. The van der Waals surface area contributed by atoms with E-state index < -0.39 is 79.3 Å². The first-order chi connectivity index (χ1) is 28.7. The van der Waals surface area contributed by atoms with Gasteiger partial charge in [-0.15, -0.1) is 0 Å². The fourth-order valence-corrected chi connectivity index (χ4v) is 6.09. The molecule has 0 saturated carbocycles. The van der Waals surface area contributed by atoms with Crippen molar-refractivity contribution in [1.82, 2.24) is 5.32 Å². The number of alkyl carbamates (subject to hydrolysis) is 1. The zero-order chi connectivity index (χ0) is 41.6. The highest BCUT2D eigenvalue weighted by molar-refractivity contribution is 5.92. The molecule has 5 aromatic rings. The minimum Gasteiger partial charge on any atom is -0.467 e. The van der Waals surface area contributed by atoms with Crippen molar-refractivity contribution in [3.63, 3.8) is 0 Å². The maximum atomic E-state index is 13.8. The summed E-state index contributed by atoms with van der Waals surface area (Å²) < 4.78 is 40.5. The number of rotatable bonds is 14. The summed E-state index contributed by atoms with van der Waals surface area (Å²) in [6.07, 6.45) is -9.93. The van der Waals surface area contributed by atoms with Crippen molar-refractivity contribution in [2.75, 3.05) is 13.7 Å². The second-order valence-electron chi connectivity index (χ2n) is 13.0. The molecule has 1 heterocycles. The van der Waals surface area contributed by atoms with Crippen LogP contribution in [0.1, 0.15) is 47.0 Å². The summed E-state index contributed by atoms with van der Waals surface area (Å²) in [5.74, 6) is -4.36. The first-order valence-corrected chi connectivity index (χ1v) is 18.4. The fraction of sp³-hybridized carbons (Fsp3) is 0.200. The van der Waals surface area contributed by atoms with Crippen molar-refractivity contribution in [3.8, 4) is 0 Å². The van der Waals surface area contributed by atoms with E-state index in [1.165, 1.54) is 48.5 Å². The van der Waals surface area contributed by atoms with Crippen LogP contribution >= 0.6 is 0 Å². The SMILES string of the molecule is COC(=O)[C@H](Cc1ccccc1)NC(=O)O[C@@H]1O[C@H](COC(=O)c2ccccc2)[C@@H](OC(=O)c2ccccc2)[C@H](OC(=O)c2ccccc2)[C@H]1OC(=O)c1ccccc1. The zero-order valence-electron chi connectivity index (χ0n) is 31.6. The first-order valence-electron chi connectivity index (χ1n) is 18.4. The van der Waals surface area contributed by atoms with Gasteiger partial charge in [0.15, 0.2) is 12.2 Å². The lowest BCUT2D eigenvalue weighted by atomic mass is 9.97. The van der Waals surface area contributed by atoms with Crippen LogP contribution in [-0.4, -0.2) is 86.4 Å². The Kier molecular flexibility index (Phi) is 14.1. The van der Waals surface area contributed by atoms with Gasteiger partial charge in [0.05, 0.1) is 29.4 Å². The van der Waals surface area contributed by atoms with Crippen LogP contribution in [0.5, 0.6) is 0 Å². The van der Waals surface area contributed by atoms with E-state index in [4.69, 9.17) is 33.2 Å². The summed E-state index contributed by atoms with van der Waals surface area (Å²) in [6.45, 7) is -0.639. The molecule has 59 heavy (non-hydrogen) atoms. The molecule has 5 aromatic carbocycles. The number of esters is 5. The van der Waals surface area contributed by atoms with E-state index in [-0.39, 0.29) is 28.7 Å². The quantitative estimate of drug-likeness (QED) is 0.106. The maximum absolute atomic E-state index is 13.8. The molecule has 14 heteroatoms. The lowest BCUT2D eigenvalue weighted by Gasteiger charge is -2.43. The second-order valence-corrected chi connectivity index (χ2v) is 13.0. The number of amides is 1. The summed E-state index contributed by atoms with van der Waals surface area (Å²) in [6, 6.07) is 39.0. The van der Waals surface area contributed by atoms with E-state index in [9.17, 15) is 28.8 Å². The lowest BCUT2D eigenvalue weighted by Crippen LogP contribution is -2.64. The normalized spacial score (nSPS) is 18.8. The van der Waals surface area contributed by atoms with Crippen molar-refractivity contribution in [1.29, 1.82) is 0 Å². The fourth-order valence-electron chi connectivity index (χ4n) is 6.09. The van der Waals surface area contributed by atoms with Gasteiger partial charge in [-0.25, -0.2) is 28.8 Å². The molecule has 0 bridgehead atoms. The molecular formula is C45H39NO13. The maximum Gasteiger partial charge on any atom is 0.410 e. The van der Waals surface area contributed by atoms with Crippen LogP contribution in [0, 0.1) is 0 Å². The minimum atomic E-state index is -1.93. The Morgan fingerprint density at radius 2 is 0.932 bits per heavy atom. The van der Waals surface area contributed by atoms with E-state index in [2.05, 4.69) is 5.32 Å². The van der Waals surface area contributed by atoms with Gasteiger partial charge in [-0.3, -0.25) is 0 Å². The largest absolute Gasteiger partial charge is 0.467 e. The van der Waals surface area contributed by atoms with Gasteiger partial charge in [0.1, 0.15) is 18.8 Å². The van der Waals surface area contributed by atoms with Gasteiger partial charge in [0.2, 0.25) is 12.4 Å². The third-order valence-corrected chi connectivity index (χ3v) is 9.02. The first kappa shape index (κ1) is 41.3. The number of hydrogen-bond donors (Lipinski definition) is 1. The Balaban J connectivity index is 1.39. The Bertz CT molecular complexity index is 2190. The van der Waals surface area contributed by atoms with Crippen LogP contribution < -0.4 is 5.32 Å². The molecular weight excluding hydrogens is 762 g/mol. The monoisotopic (exact) mass is 801 g/mol. The van der Waals surface area contributed by atoms with Gasteiger partial charge in [-0.1, -0.05) is 103 Å². The second kappa shape index (κ2) is 20.2. The number of methoxy groups -OCH3 is 1. The molecule has 6 rings (SSSR count). The Hall–Kier alpha value is -7.32. The van der Waals surface area contributed by atoms with Crippen LogP contribution in [0.2, 0.25) is 0 Å². The summed E-state index contributed by atoms with van der Waals surface area (Å²) in [5.41, 5.74) is 1.10. The molecule has 0 aliphatic carbocycles. The van der Waals surface area contributed by atoms with Crippen molar-refractivity contribution >= 4 is 35.9 Å². The third-order valence-electron chi connectivity index (χ3n) is 9.02. The van der Waals surface area contributed by atoms with Gasteiger partial charge in [-0.2, -0.15) is 0 Å². The Morgan fingerprint density at radius 3 is 1.39 bits per heavy atom. The molecule has 0 unspecified atom stereocenters. The number of ether oxygens (including phenoxy) is 7. The van der Waals surface area contributed by atoms with E-state index >= 15 is 0 Å². The molecule has 1 N–H and O–H groups in total. The molecule has 14 nitrogen and oxygen atoms in total. The summed E-state index contributed by atoms with van der Waals surface area (Å²) in [7, 11) is 1.15. The van der Waals surface area contributed by atoms with E-state index in [1.54, 1.807) is 103 Å². The summed E-state index contributed by atoms with van der Waals surface area (Å²) in [5, 5.41) is 2.47. The molecule has 0 aromatic heterocycles. The van der Waals surface area contributed by atoms with Gasteiger partial charge in [0, 0.05) is 6.42 Å². The van der Waals surface area contributed by atoms with Crippen LogP contribution in [-0.2, 0) is 44.4 Å². The highest BCUT2D eigenvalue weighted by atomic mass is 16.8. The van der Waals surface area contributed by atoms with Gasteiger partial charge in [0.25, 0.3) is 0 Å². The predicted molar refractivity (Wildman–Crippen MR) is 208 cm³/mol. The van der Waals surface area contributed by atoms with E-state index in [1.807, 2.05) is 0 Å². The Labute approximate surface area is 338 Å². The average molecular weight is 802 g/mol. The third kappa shape index (κ3) is 11.2.